The van der Waals surface area contributed by atoms with E-state index in [1.165, 1.54) is 17.2 Å². The fourth-order valence-corrected chi connectivity index (χ4v) is 1.98. The summed E-state index contributed by atoms with van der Waals surface area (Å²) in [6, 6.07) is 0. The first-order valence-corrected chi connectivity index (χ1v) is 7.39. The van der Waals surface area contributed by atoms with Crippen LogP contribution in [0.3, 0.4) is 0 Å². The van der Waals surface area contributed by atoms with Gasteiger partial charge in [0.05, 0.1) is 0 Å². The molecule has 1 heterocycles. The van der Waals surface area contributed by atoms with E-state index in [0.717, 1.165) is 13.8 Å². The number of carbonyl (C=O) groups excluding carboxylic acids is 2. The molecule has 0 aromatic rings. The molecule has 25 heavy (non-hydrogen) atoms. The van der Waals surface area contributed by atoms with Crippen molar-refractivity contribution in [1.29, 1.82) is 0 Å². The molecule has 142 valence electrons. The molecule has 5 N–H and O–H groups in total. The van der Waals surface area contributed by atoms with E-state index in [-0.39, 0.29) is 12.3 Å². The maximum absolute atomic E-state index is 11.6. The van der Waals surface area contributed by atoms with Crippen molar-refractivity contribution in [2.45, 2.75) is 50.6 Å². The summed E-state index contributed by atoms with van der Waals surface area (Å²) in [5.41, 5.74) is -1.89. The summed E-state index contributed by atoms with van der Waals surface area (Å²) in [5, 5.41) is 43.0. The molecule has 11 nitrogen and oxygen atoms in total. The number of amidine groups is 1. The van der Waals surface area contributed by atoms with E-state index in [2.05, 4.69) is 15.2 Å². The lowest BCUT2D eigenvalue weighted by molar-refractivity contribution is -0.366. The highest BCUT2D eigenvalue weighted by Gasteiger charge is 2.47. The van der Waals surface area contributed by atoms with E-state index in [4.69, 9.17) is 9.94 Å². The second-order valence-corrected chi connectivity index (χ2v) is 5.99. The molecule has 0 aliphatic carbocycles. The fourth-order valence-electron chi connectivity index (χ4n) is 1.98. The monoisotopic (exact) mass is 361 g/mol. The number of nitrogens with one attached hydrogen (secondary N) is 1. The van der Waals surface area contributed by atoms with E-state index in [9.17, 15) is 24.9 Å². The minimum absolute atomic E-state index is 0.103. The van der Waals surface area contributed by atoms with Gasteiger partial charge in [-0.15, -0.1) is 0 Å². The van der Waals surface area contributed by atoms with Crippen LogP contribution in [0, 0.1) is 0 Å². The van der Waals surface area contributed by atoms with Crippen LogP contribution in [0.2, 0.25) is 0 Å². The van der Waals surface area contributed by atoms with Crippen LogP contribution in [0.25, 0.3) is 0 Å². The van der Waals surface area contributed by atoms with Crippen molar-refractivity contribution in [3.63, 3.8) is 0 Å². The van der Waals surface area contributed by atoms with Gasteiger partial charge in [0, 0.05) is 19.3 Å². The highest BCUT2D eigenvalue weighted by atomic mass is 16.8. The highest BCUT2D eigenvalue weighted by molar-refractivity contribution is 5.98. The van der Waals surface area contributed by atoms with Crippen LogP contribution in [0.1, 0.15) is 26.7 Å². The Labute approximate surface area is 144 Å². The third-order valence-corrected chi connectivity index (χ3v) is 3.40. The summed E-state index contributed by atoms with van der Waals surface area (Å²) in [6.45, 7) is 2.30. The molecule has 0 radical (unpaired) electrons. The minimum atomic E-state index is -2.90. The van der Waals surface area contributed by atoms with Gasteiger partial charge in [-0.3, -0.25) is 4.79 Å². The Kier molecular flexibility index (Phi) is 6.87. The maximum Gasteiger partial charge on any atom is 0.352 e. The second-order valence-electron chi connectivity index (χ2n) is 5.99. The van der Waals surface area contributed by atoms with E-state index in [1.54, 1.807) is 7.05 Å². The van der Waals surface area contributed by atoms with E-state index in [1.807, 2.05) is 0 Å². The standard InChI is InChI=1S/C14H23N3O8/c1-13(2,20)12(19)25-14(21,22)9-4-5-11(24-9)17(3)7-6-10(16-23)15-8-18/h6-9,11,20-23H,4-5H2,1-3H3,(H,15,16,18)/b7-6-. The predicted octanol–water partition coefficient (Wildman–Crippen LogP) is -1.58. The Morgan fingerprint density at radius 3 is 2.52 bits per heavy atom. The quantitative estimate of drug-likeness (QED) is 0.0685. The molecule has 0 aromatic carbocycles. The Morgan fingerprint density at radius 1 is 1.36 bits per heavy atom. The normalized spacial score (nSPS) is 22.1. The first kappa shape index (κ1) is 20.8. The molecule has 2 unspecified atom stereocenters. The Balaban J connectivity index is 2.66. The Morgan fingerprint density at radius 2 is 2.00 bits per heavy atom. The number of nitrogens with zero attached hydrogens (tertiary/aromatic N) is 2. The van der Waals surface area contributed by atoms with Gasteiger partial charge in [0.2, 0.25) is 6.41 Å². The van der Waals surface area contributed by atoms with Crippen LogP contribution in [-0.4, -0.2) is 74.6 Å². The first-order valence-electron chi connectivity index (χ1n) is 7.39. The average molecular weight is 361 g/mol. The fraction of sp³-hybridized carbons (Fsp3) is 0.643. The van der Waals surface area contributed by atoms with Crippen LogP contribution < -0.4 is 5.32 Å². The SMILES string of the molecule is CN(/C=C\C(=NO)NC=O)C1CCC(C(O)(O)OC(=O)C(C)(C)O)O1. The lowest BCUT2D eigenvalue weighted by atomic mass is 10.1. The molecular weight excluding hydrogens is 338 g/mol. The van der Waals surface area contributed by atoms with Crippen LogP contribution in [0.5, 0.6) is 0 Å². The zero-order valence-corrected chi connectivity index (χ0v) is 14.1. The summed E-state index contributed by atoms with van der Waals surface area (Å²) in [5.74, 6) is -4.21. The minimum Gasteiger partial charge on any atom is -0.409 e. The number of rotatable bonds is 7. The van der Waals surface area contributed by atoms with Gasteiger partial charge in [-0.05, 0) is 26.7 Å². The van der Waals surface area contributed by atoms with Crippen LogP contribution in [-0.2, 0) is 19.1 Å². The van der Waals surface area contributed by atoms with Crippen molar-refractivity contribution < 1.29 is 39.6 Å². The van der Waals surface area contributed by atoms with Crippen LogP contribution in [0.15, 0.2) is 17.4 Å². The molecule has 0 aromatic heterocycles. The zero-order valence-electron chi connectivity index (χ0n) is 14.1. The Hall–Kier alpha value is -2.21. The van der Waals surface area contributed by atoms with Gasteiger partial charge in [-0.25, -0.2) is 4.79 Å². The summed E-state index contributed by atoms with van der Waals surface area (Å²) >= 11 is 0. The van der Waals surface area contributed by atoms with Crippen LogP contribution >= 0.6 is 0 Å². The van der Waals surface area contributed by atoms with E-state index in [0.29, 0.717) is 12.8 Å². The third kappa shape index (κ3) is 5.98. The van der Waals surface area contributed by atoms with Gasteiger partial charge < -0.3 is 40.2 Å². The Bertz CT molecular complexity index is 541. The number of amides is 1. The molecule has 1 rings (SSSR count). The lowest BCUT2D eigenvalue weighted by Gasteiger charge is -2.30. The number of hydrogen-bond acceptors (Lipinski definition) is 10. The summed E-state index contributed by atoms with van der Waals surface area (Å²) in [6.07, 6.45) is 1.81. The van der Waals surface area contributed by atoms with E-state index >= 15 is 0 Å². The lowest BCUT2D eigenvalue weighted by Crippen LogP contribution is -2.50. The average Bonchev–Trinajstić information content (AvgIpc) is 3.00. The molecule has 1 fully saturated rings. The largest absolute Gasteiger partial charge is 0.409 e. The number of ether oxygens (including phenoxy) is 2. The van der Waals surface area contributed by atoms with Crippen molar-refractivity contribution in [3.8, 4) is 0 Å². The molecule has 1 saturated heterocycles. The number of hydrogen-bond donors (Lipinski definition) is 5. The predicted molar refractivity (Wildman–Crippen MR) is 82.8 cm³/mol. The van der Waals surface area contributed by atoms with Crippen molar-refractivity contribution in [1.82, 2.24) is 10.2 Å². The van der Waals surface area contributed by atoms with Crippen molar-refractivity contribution in [2.75, 3.05) is 7.05 Å². The molecule has 0 saturated carbocycles. The summed E-state index contributed by atoms with van der Waals surface area (Å²) < 4.78 is 9.97. The molecule has 0 spiro atoms. The van der Waals surface area contributed by atoms with Gasteiger partial charge in [-0.1, -0.05) is 5.16 Å². The third-order valence-electron chi connectivity index (χ3n) is 3.40. The number of oxime groups is 1. The van der Waals surface area contributed by atoms with Gasteiger partial charge in [0.1, 0.15) is 6.23 Å². The summed E-state index contributed by atoms with van der Waals surface area (Å²) in [7, 11) is 1.61. The number of carbonyl (C=O) groups is 2. The van der Waals surface area contributed by atoms with E-state index < -0.39 is 29.9 Å². The molecular formula is C14H23N3O8. The highest BCUT2D eigenvalue weighted by Crippen LogP contribution is 2.30. The van der Waals surface area contributed by atoms with Crippen molar-refractivity contribution in [2.24, 2.45) is 5.16 Å². The van der Waals surface area contributed by atoms with Gasteiger partial charge in [-0.2, -0.15) is 0 Å². The van der Waals surface area contributed by atoms with Gasteiger partial charge in [0.25, 0.3) is 0 Å². The van der Waals surface area contributed by atoms with Crippen LogP contribution in [0.4, 0.5) is 0 Å². The number of aliphatic hydroxyl groups is 3. The molecule has 2 atom stereocenters. The van der Waals surface area contributed by atoms with Gasteiger partial charge >= 0.3 is 11.9 Å². The van der Waals surface area contributed by atoms with Crippen molar-refractivity contribution >= 4 is 18.2 Å². The molecule has 1 aliphatic rings. The van der Waals surface area contributed by atoms with Gasteiger partial charge in [0.15, 0.2) is 17.5 Å². The zero-order chi connectivity index (χ0) is 19.3. The van der Waals surface area contributed by atoms with Crippen molar-refractivity contribution in [3.05, 3.63) is 12.3 Å². The smallest absolute Gasteiger partial charge is 0.352 e. The first-order chi connectivity index (χ1) is 11.5. The number of esters is 1. The molecule has 1 amide bonds. The topological polar surface area (TPSA) is 161 Å². The molecule has 1 aliphatic heterocycles. The maximum atomic E-state index is 11.6. The summed E-state index contributed by atoms with van der Waals surface area (Å²) in [4.78, 5) is 23.4. The molecule has 11 heteroatoms. The molecule has 0 bridgehead atoms. The second kappa shape index (κ2) is 8.25.